The molecule has 3 aliphatic rings. The second kappa shape index (κ2) is 6.34. The molecule has 1 saturated heterocycles. The van der Waals surface area contributed by atoms with Gasteiger partial charge in [0.1, 0.15) is 5.60 Å². The summed E-state index contributed by atoms with van der Waals surface area (Å²) >= 11 is 0. The number of hydrogen-bond acceptors (Lipinski definition) is 3. The predicted molar refractivity (Wildman–Crippen MR) is 94.3 cm³/mol. The van der Waals surface area contributed by atoms with Crippen molar-refractivity contribution in [2.45, 2.75) is 44.2 Å². The predicted octanol–water partition coefficient (Wildman–Crippen LogP) is 3.84. The van der Waals surface area contributed by atoms with Gasteiger partial charge in [0.25, 0.3) is 0 Å². The number of dihydropyridines is 1. The molecule has 24 heavy (non-hydrogen) atoms. The summed E-state index contributed by atoms with van der Waals surface area (Å²) in [6, 6.07) is 8.46. The summed E-state index contributed by atoms with van der Waals surface area (Å²) in [5.74, 6) is 0. The number of rotatable bonds is 3. The van der Waals surface area contributed by atoms with Crippen LogP contribution >= 0.6 is 0 Å². The smallest absolute Gasteiger partial charge is 0.410 e. The lowest BCUT2D eigenvalue weighted by Crippen LogP contribution is -2.36. The fourth-order valence-electron chi connectivity index (χ4n) is 4.01. The molecule has 1 spiro atoms. The Labute approximate surface area is 143 Å². The molecule has 4 heteroatoms. The largest absolute Gasteiger partial charge is 0.441 e. The lowest BCUT2D eigenvalue weighted by atomic mass is 9.85. The van der Waals surface area contributed by atoms with Gasteiger partial charge in [-0.15, -0.1) is 0 Å². The third-order valence-corrected chi connectivity index (χ3v) is 5.26. The maximum absolute atomic E-state index is 12.3. The summed E-state index contributed by atoms with van der Waals surface area (Å²) in [6.45, 7) is 2.23. The van der Waals surface area contributed by atoms with Gasteiger partial charge in [-0.05, 0) is 60.7 Å². The fourth-order valence-corrected chi connectivity index (χ4v) is 4.01. The normalized spacial score (nSPS) is 22.2. The molecular formula is C20H24N2O2. The van der Waals surface area contributed by atoms with E-state index in [1.807, 2.05) is 11.1 Å². The monoisotopic (exact) mass is 324 g/mol. The first kappa shape index (κ1) is 15.3. The van der Waals surface area contributed by atoms with Gasteiger partial charge in [-0.1, -0.05) is 30.7 Å². The van der Waals surface area contributed by atoms with E-state index in [4.69, 9.17) is 4.74 Å². The highest BCUT2D eigenvalue weighted by atomic mass is 16.6. The molecule has 0 aromatic heterocycles. The Bertz CT molecular complexity index is 687. The molecule has 1 N–H and O–H groups in total. The lowest BCUT2D eigenvalue weighted by Gasteiger charge is -2.30. The van der Waals surface area contributed by atoms with E-state index in [1.54, 1.807) is 0 Å². The van der Waals surface area contributed by atoms with Gasteiger partial charge in [0.05, 0.1) is 6.54 Å². The Hall–Kier alpha value is -2.23. The topological polar surface area (TPSA) is 41.6 Å². The van der Waals surface area contributed by atoms with Crippen molar-refractivity contribution in [2.24, 2.45) is 0 Å². The summed E-state index contributed by atoms with van der Waals surface area (Å²) in [5.41, 5.74) is 3.37. The number of ether oxygens (including phenoxy) is 1. The van der Waals surface area contributed by atoms with Gasteiger partial charge in [0.15, 0.2) is 0 Å². The van der Waals surface area contributed by atoms with Crippen LogP contribution in [0, 0.1) is 0 Å². The van der Waals surface area contributed by atoms with Gasteiger partial charge in [-0.3, -0.25) is 4.90 Å². The molecule has 2 fully saturated rings. The van der Waals surface area contributed by atoms with Crippen molar-refractivity contribution in [1.82, 2.24) is 10.2 Å². The number of benzene rings is 1. The third kappa shape index (κ3) is 3.05. The van der Waals surface area contributed by atoms with Gasteiger partial charge < -0.3 is 10.1 Å². The minimum Gasteiger partial charge on any atom is -0.441 e. The highest BCUT2D eigenvalue weighted by Crippen LogP contribution is 2.37. The molecule has 1 aromatic rings. The minimum atomic E-state index is -0.215. The van der Waals surface area contributed by atoms with E-state index in [2.05, 4.69) is 41.7 Å². The van der Waals surface area contributed by atoms with E-state index in [0.29, 0.717) is 6.54 Å². The molecule has 1 aliphatic carbocycles. The molecule has 4 rings (SSSR count). The Kier molecular flexibility index (Phi) is 4.05. The number of allylic oxidation sites excluding steroid dienone is 2. The van der Waals surface area contributed by atoms with E-state index in [9.17, 15) is 4.79 Å². The maximum Gasteiger partial charge on any atom is 0.410 e. The molecule has 0 bridgehead atoms. The summed E-state index contributed by atoms with van der Waals surface area (Å²) in [7, 11) is 0. The zero-order chi connectivity index (χ0) is 16.4. The standard InChI is InChI=1S/C20H24N2O2/c23-19-22(15-20(24-19)9-2-1-3-10-20)14-16-5-4-6-18(13-16)17-7-11-21-12-8-17/h4-8,11,13,21H,1-3,9-10,12,14-15H2. The number of nitrogens with zero attached hydrogens (tertiary/aromatic N) is 1. The second-order valence-corrected chi connectivity index (χ2v) is 7.07. The van der Waals surface area contributed by atoms with E-state index < -0.39 is 0 Å². The van der Waals surface area contributed by atoms with Gasteiger partial charge in [-0.25, -0.2) is 4.79 Å². The van der Waals surface area contributed by atoms with Crippen LogP contribution in [0.3, 0.4) is 0 Å². The van der Waals surface area contributed by atoms with Crippen LogP contribution in [0.1, 0.15) is 43.2 Å². The summed E-state index contributed by atoms with van der Waals surface area (Å²) in [6.07, 6.45) is 11.7. The number of carbonyl (C=O) groups is 1. The first-order valence-corrected chi connectivity index (χ1v) is 8.92. The number of amides is 1. The SMILES string of the molecule is O=C1OC2(CCCCC2)CN1Cc1cccc(C2=CCNC=C2)c1. The third-order valence-electron chi connectivity index (χ3n) is 5.26. The van der Waals surface area contributed by atoms with Crippen molar-refractivity contribution in [2.75, 3.05) is 13.1 Å². The summed E-state index contributed by atoms with van der Waals surface area (Å²) in [4.78, 5) is 14.2. The molecule has 0 radical (unpaired) electrons. The zero-order valence-electron chi connectivity index (χ0n) is 14.0. The van der Waals surface area contributed by atoms with Crippen LogP contribution in [-0.2, 0) is 11.3 Å². The van der Waals surface area contributed by atoms with Crippen LogP contribution in [0.4, 0.5) is 4.79 Å². The molecule has 0 atom stereocenters. The molecule has 126 valence electrons. The van der Waals surface area contributed by atoms with Crippen molar-refractivity contribution in [1.29, 1.82) is 0 Å². The van der Waals surface area contributed by atoms with Crippen LogP contribution < -0.4 is 5.32 Å². The van der Waals surface area contributed by atoms with E-state index >= 15 is 0 Å². The Balaban J connectivity index is 1.48. The Morgan fingerprint density at radius 2 is 2.08 bits per heavy atom. The van der Waals surface area contributed by atoms with Crippen LogP contribution in [0.5, 0.6) is 0 Å². The minimum absolute atomic E-state index is 0.150. The molecular weight excluding hydrogens is 300 g/mol. The van der Waals surface area contributed by atoms with E-state index in [1.165, 1.54) is 30.4 Å². The molecule has 1 saturated carbocycles. The van der Waals surface area contributed by atoms with Crippen molar-refractivity contribution >= 4 is 11.7 Å². The van der Waals surface area contributed by atoms with Gasteiger partial charge in [-0.2, -0.15) is 0 Å². The van der Waals surface area contributed by atoms with Crippen molar-refractivity contribution in [3.63, 3.8) is 0 Å². The zero-order valence-corrected chi connectivity index (χ0v) is 14.0. The van der Waals surface area contributed by atoms with Crippen molar-refractivity contribution in [3.05, 3.63) is 53.7 Å². The average Bonchev–Trinajstić information content (AvgIpc) is 2.91. The highest BCUT2D eigenvalue weighted by molar-refractivity contribution is 5.75. The van der Waals surface area contributed by atoms with E-state index in [-0.39, 0.29) is 11.7 Å². The Morgan fingerprint density at radius 3 is 2.88 bits per heavy atom. The number of carbonyl (C=O) groups excluding carboxylic acids is 1. The van der Waals surface area contributed by atoms with Gasteiger partial charge in [0.2, 0.25) is 0 Å². The summed E-state index contributed by atoms with van der Waals surface area (Å²) < 4.78 is 5.78. The first-order valence-electron chi connectivity index (χ1n) is 8.92. The van der Waals surface area contributed by atoms with E-state index in [0.717, 1.165) is 31.5 Å². The maximum atomic E-state index is 12.3. The number of hydrogen-bond donors (Lipinski definition) is 1. The van der Waals surface area contributed by atoms with Gasteiger partial charge in [0, 0.05) is 13.1 Å². The lowest BCUT2D eigenvalue weighted by molar-refractivity contribution is 0.0260. The number of nitrogens with one attached hydrogen (secondary N) is 1. The van der Waals surface area contributed by atoms with Crippen LogP contribution in [-0.4, -0.2) is 29.7 Å². The highest BCUT2D eigenvalue weighted by Gasteiger charge is 2.45. The molecule has 1 aromatic carbocycles. The van der Waals surface area contributed by atoms with Crippen molar-refractivity contribution < 1.29 is 9.53 Å². The quantitative estimate of drug-likeness (QED) is 0.918. The fraction of sp³-hybridized carbons (Fsp3) is 0.450. The Morgan fingerprint density at radius 1 is 1.21 bits per heavy atom. The first-order chi connectivity index (χ1) is 11.7. The molecule has 2 aliphatic heterocycles. The second-order valence-electron chi connectivity index (χ2n) is 7.07. The molecule has 2 heterocycles. The van der Waals surface area contributed by atoms with Crippen LogP contribution in [0.25, 0.3) is 5.57 Å². The summed E-state index contributed by atoms with van der Waals surface area (Å²) in [5, 5.41) is 3.17. The molecule has 1 amide bonds. The molecule has 4 nitrogen and oxygen atoms in total. The van der Waals surface area contributed by atoms with Crippen molar-refractivity contribution in [3.8, 4) is 0 Å². The molecule has 0 unspecified atom stereocenters. The van der Waals surface area contributed by atoms with Gasteiger partial charge >= 0.3 is 6.09 Å². The average molecular weight is 324 g/mol. The van der Waals surface area contributed by atoms with Crippen LogP contribution in [0.2, 0.25) is 0 Å². The van der Waals surface area contributed by atoms with Crippen LogP contribution in [0.15, 0.2) is 42.6 Å².